The number of sulfonamides is 1. The predicted molar refractivity (Wildman–Crippen MR) is 145 cm³/mol. The molecule has 0 aliphatic rings. The van der Waals surface area contributed by atoms with Gasteiger partial charge in [0.05, 0.1) is 10.6 Å². The van der Waals surface area contributed by atoms with Crippen molar-refractivity contribution < 1.29 is 13.2 Å². The predicted octanol–water partition coefficient (Wildman–Crippen LogP) is 6.05. The first-order valence-corrected chi connectivity index (χ1v) is 14.5. The number of amides is 1. The third kappa shape index (κ3) is 7.50. The number of benzene rings is 3. The molecule has 0 bridgehead atoms. The molecule has 3 rings (SSSR count). The Bertz CT molecular complexity index is 1220. The molecular formula is C25H26BrClN2O3S2. The second-order valence-electron chi connectivity index (χ2n) is 7.65. The van der Waals surface area contributed by atoms with Gasteiger partial charge in [0.1, 0.15) is 6.54 Å². The van der Waals surface area contributed by atoms with E-state index in [1.165, 1.54) is 0 Å². The maximum atomic E-state index is 13.4. The number of nitrogens with zero attached hydrogens (tertiary/aromatic N) is 1. The van der Waals surface area contributed by atoms with Crippen LogP contribution in [0.15, 0.2) is 82.2 Å². The molecule has 0 heterocycles. The summed E-state index contributed by atoms with van der Waals surface area (Å²) >= 11 is 11.3. The number of rotatable bonds is 11. The Hall–Kier alpha value is -2.00. The number of hydrogen-bond donors (Lipinski definition) is 1. The fourth-order valence-electron chi connectivity index (χ4n) is 3.17. The average molecular weight is 582 g/mol. The quantitative estimate of drug-likeness (QED) is 0.280. The van der Waals surface area contributed by atoms with E-state index in [1.54, 1.807) is 60.3 Å². The van der Waals surface area contributed by atoms with Gasteiger partial charge in [0.25, 0.3) is 10.0 Å². The molecule has 180 valence electrons. The van der Waals surface area contributed by atoms with Gasteiger partial charge in [-0.1, -0.05) is 69.5 Å². The number of hydrogen-bond acceptors (Lipinski definition) is 4. The highest BCUT2D eigenvalue weighted by atomic mass is 79.9. The normalized spacial score (nSPS) is 11.3. The third-order valence-corrected chi connectivity index (χ3v) is 8.74. The fourth-order valence-corrected chi connectivity index (χ4v) is 6.22. The molecule has 0 atom stereocenters. The monoisotopic (exact) mass is 580 g/mol. The first-order valence-electron chi connectivity index (χ1n) is 10.7. The fraction of sp³-hybridized carbons (Fsp3) is 0.240. The van der Waals surface area contributed by atoms with Crippen LogP contribution >= 0.6 is 39.3 Å². The van der Waals surface area contributed by atoms with Gasteiger partial charge in [0, 0.05) is 21.8 Å². The summed E-state index contributed by atoms with van der Waals surface area (Å²) in [7, 11) is -3.92. The van der Waals surface area contributed by atoms with Gasteiger partial charge in [-0.2, -0.15) is 11.8 Å². The summed E-state index contributed by atoms with van der Waals surface area (Å²) in [6.45, 7) is 2.05. The van der Waals surface area contributed by atoms with E-state index in [1.807, 2.05) is 31.2 Å². The summed E-state index contributed by atoms with van der Waals surface area (Å²) in [5, 5.41) is 3.60. The van der Waals surface area contributed by atoms with Crippen molar-refractivity contribution >= 4 is 60.9 Å². The van der Waals surface area contributed by atoms with Gasteiger partial charge in [-0.15, -0.1) is 0 Å². The van der Waals surface area contributed by atoms with Gasteiger partial charge in [-0.25, -0.2) is 8.42 Å². The van der Waals surface area contributed by atoms with Crippen molar-refractivity contribution in [2.75, 3.05) is 23.1 Å². The van der Waals surface area contributed by atoms with Crippen molar-refractivity contribution in [3.63, 3.8) is 0 Å². The van der Waals surface area contributed by atoms with Crippen LogP contribution in [-0.4, -0.2) is 33.2 Å². The van der Waals surface area contributed by atoms with E-state index < -0.39 is 10.0 Å². The first kappa shape index (κ1) is 26.6. The minimum absolute atomic E-state index is 0.141. The molecule has 9 heteroatoms. The SMILES string of the molecule is Cc1ccc(S(=O)(=O)N(CC(=O)NCCCSCc2ccccc2Cl)c2cccc(Br)c2)cc1. The third-order valence-electron chi connectivity index (χ3n) is 5.00. The summed E-state index contributed by atoms with van der Waals surface area (Å²) in [6, 6.07) is 21.3. The number of carbonyl (C=O) groups excluding carboxylic acids is 1. The molecule has 0 radical (unpaired) electrons. The van der Waals surface area contributed by atoms with Crippen LogP contribution in [0.25, 0.3) is 0 Å². The highest BCUT2D eigenvalue weighted by Crippen LogP contribution is 2.26. The van der Waals surface area contributed by atoms with Crippen LogP contribution in [0.3, 0.4) is 0 Å². The minimum Gasteiger partial charge on any atom is -0.354 e. The molecule has 3 aromatic carbocycles. The average Bonchev–Trinajstić information content (AvgIpc) is 2.81. The van der Waals surface area contributed by atoms with Crippen molar-refractivity contribution in [2.45, 2.75) is 24.0 Å². The van der Waals surface area contributed by atoms with Gasteiger partial charge in [-0.05, 0) is 61.1 Å². The number of thioether (sulfide) groups is 1. The van der Waals surface area contributed by atoms with Crippen LogP contribution in [0.2, 0.25) is 5.02 Å². The van der Waals surface area contributed by atoms with Crippen molar-refractivity contribution in [1.29, 1.82) is 0 Å². The van der Waals surface area contributed by atoms with E-state index in [2.05, 4.69) is 21.2 Å². The molecule has 1 N–H and O–H groups in total. The number of aryl methyl sites for hydroxylation is 1. The van der Waals surface area contributed by atoms with Crippen LogP contribution < -0.4 is 9.62 Å². The second kappa shape index (κ2) is 12.6. The summed E-state index contributed by atoms with van der Waals surface area (Å²) in [4.78, 5) is 12.8. The van der Waals surface area contributed by atoms with Gasteiger partial charge in [0.15, 0.2) is 0 Å². The van der Waals surface area contributed by atoms with Crippen LogP contribution in [0, 0.1) is 6.92 Å². The zero-order valence-electron chi connectivity index (χ0n) is 18.7. The molecule has 0 aromatic heterocycles. The Morgan fingerprint density at radius 3 is 2.50 bits per heavy atom. The Morgan fingerprint density at radius 1 is 1.06 bits per heavy atom. The van der Waals surface area contributed by atoms with Crippen LogP contribution in [0.4, 0.5) is 5.69 Å². The van der Waals surface area contributed by atoms with Crippen molar-refractivity contribution in [1.82, 2.24) is 5.32 Å². The lowest BCUT2D eigenvalue weighted by Gasteiger charge is -2.24. The maximum Gasteiger partial charge on any atom is 0.264 e. The van der Waals surface area contributed by atoms with E-state index in [0.29, 0.717) is 12.2 Å². The number of carbonyl (C=O) groups is 1. The molecule has 0 unspecified atom stereocenters. The molecule has 0 fully saturated rings. The smallest absolute Gasteiger partial charge is 0.264 e. The summed E-state index contributed by atoms with van der Waals surface area (Å²) in [5.74, 6) is 1.30. The van der Waals surface area contributed by atoms with Crippen LogP contribution in [-0.2, 0) is 20.6 Å². The Balaban J connectivity index is 1.59. The van der Waals surface area contributed by atoms with Gasteiger partial charge in [0.2, 0.25) is 5.91 Å². The molecule has 0 spiro atoms. The summed E-state index contributed by atoms with van der Waals surface area (Å²) < 4.78 is 28.6. The van der Waals surface area contributed by atoms with Crippen molar-refractivity contribution in [3.8, 4) is 0 Å². The standard InChI is InChI=1S/C25H26BrClN2O3S2/c1-19-10-12-23(13-11-19)34(31,32)29(22-8-4-7-21(26)16-22)17-25(30)28-14-5-15-33-18-20-6-2-3-9-24(20)27/h2-4,6-13,16H,5,14-15,17-18H2,1H3,(H,28,30). The van der Waals surface area contributed by atoms with Crippen LogP contribution in [0.1, 0.15) is 17.5 Å². The van der Waals surface area contributed by atoms with Crippen molar-refractivity contribution in [2.24, 2.45) is 0 Å². The van der Waals surface area contributed by atoms with E-state index in [4.69, 9.17) is 11.6 Å². The highest BCUT2D eigenvalue weighted by molar-refractivity contribution is 9.10. The first-order chi connectivity index (χ1) is 16.3. The zero-order valence-corrected chi connectivity index (χ0v) is 22.7. The molecule has 1 amide bonds. The lowest BCUT2D eigenvalue weighted by molar-refractivity contribution is -0.119. The Kier molecular flexibility index (Phi) is 9.88. The second-order valence-corrected chi connectivity index (χ2v) is 11.9. The van der Waals surface area contributed by atoms with Gasteiger partial charge >= 0.3 is 0 Å². The summed E-state index contributed by atoms with van der Waals surface area (Å²) in [5.41, 5.74) is 2.46. The molecule has 0 saturated carbocycles. The number of anilines is 1. The van der Waals surface area contributed by atoms with Crippen LogP contribution in [0.5, 0.6) is 0 Å². The zero-order chi connectivity index (χ0) is 24.6. The Morgan fingerprint density at radius 2 is 1.79 bits per heavy atom. The molecule has 3 aromatic rings. The van der Waals surface area contributed by atoms with Gasteiger partial charge < -0.3 is 5.32 Å². The van der Waals surface area contributed by atoms with Gasteiger partial charge in [-0.3, -0.25) is 9.10 Å². The van der Waals surface area contributed by atoms with E-state index in [9.17, 15) is 13.2 Å². The minimum atomic E-state index is -3.92. The number of nitrogens with one attached hydrogen (secondary N) is 1. The Labute approximate surface area is 219 Å². The maximum absolute atomic E-state index is 13.4. The number of halogens is 2. The molecule has 0 saturated heterocycles. The highest BCUT2D eigenvalue weighted by Gasteiger charge is 2.27. The lowest BCUT2D eigenvalue weighted by atomic mass is 10.2. The molecule has 0 aliphatic carbocycles. The molecular weight excluding hydrogens is 556 g/mol. The molecule has 0 aliphatic heterocycles. The summed E-state index contributed by atoms with van der Waals surface area (Å²) in [6.07, 6.45) is 0.766. The lowest BCUT2D eigenvalue weighted by Crippen LogP contribution is -2.41. The molecule has 34 heavy (non-hydrogen) atoms. The van der Waals surface area contributed by atoms with Crippen molar-refractivity contribution in [3.05, 3.63) is 93.4 Å². The van der Waals surface area contributed by atoms with E-state index >= 15 is 0 Å². The van der Waals surface area contributed by atoms with E-state index in [0.717, 1.165) is 42.9 Å². The topological polar surface area (TPSA) is 66.5 Å². The van der Waals surface area contributed by atoms with E-state index in [-0.39, 0.29) is 17.3 Å². The molecule has 5 nitrogen and oxygen atoms in total. The largest absolute Gasteiger partial charge is 0.354 e.